The first-order valence-electron chi connectivity index (χ1n) is 4.67. The molecule has 0 aliphatic rings. The Balaban J connectivity index is 2.97. The zero-order chi connectivity index (χ0) is 11.4. The summed E-state index contributed by atoms with van der Waals surface area (Å²) < 4.78 is 0. The van der Waals surface area contributed by atoms with Crippen LogP contribution >= 0.6 is 0 Å². The predicted molar refractivity (Wildman–Crippen MR) is 57.5 cm³/mol. The van der Waals surface area contributed by atoms with Gasteiger partial charge in [-0.05, 0) is 38.1 Å². The van der Waals surface area contributed by atoms with Gasteiger partial charge in [0.15, 0.2) is 5.78 Å². The van der Waals surface area contributed by atoms with Crippen molar-refractivity contribution in [2.75, 3.05) is 11.4 Å². The molecule has 0 aromatic heterocycles. The summed E-state index contributed by atoms with van der Waals surface area (Å²) >= 11 is 0. The number of ketones is 1. The van der Waals surface area contributed by atoms with Crippen LogP contribution in [0.5, 0.6) is 0 Å². The molecule has 0 heterocycles. The lowest BCUT2D eigenvalue weighted by molar-refractivity contribution is 0.101. The summed E-state index contributed by atoms with van der Waals surface area (Å²) in [6.07, 6.45) is -0.993. The molecule has 0 unspecified atom stereocenters. The molecular formula is C11H13NO3. The zero-order valence-electron chi connectivity index (χ0n) is 8.73. The van der Waals surface area contributed by atoms with Gasteiger partial charge in [0.1, 0.15) is 0 Å². The van der Waals surface area contributed by atoms with Crippen LogP contribution in [0.25, 0.3) is 0 Å². The normalized spacial score (nSPS) is 9.73. The van der Waals surface area contributed by atoms with Gasteiger partial charge in [0.05, 0.1) is 0 Å². The number of nitrogens with zero attached hydrogens (tertiary/aromatic N) is 1. The Morgan fingerprint density at radius 3 is 2.13 bits per heavy atom. The summed E-state index contributed by atoms with van der Waals surface area (Å²) in [6, 6.07) is 6.52. The van der Waals surface area contributed by atoms with Gasteiger partial charge in [0, 0.05) is 17.8 Å². The van der Waals surface area contributed by atoms with Crippen LogP contribution in [0.2, 0.25) is 0 Å². The molecule has 0 fully saturated rings. The Bertz CT molecular complexity index is 370. The third kappa shape index (κ3) is 2.56. The first-order valence-corrected chi connectivity index (χ1v) is 4.67. The van der Waals surface area contributed by atoms with E-state index in [0.717, 1.165) is 0 Å². The summed E-state index contributed by atoms with van der Waals surface area (Å²) in [5.41, 5.74) is 1.16. The Labute approximate surface area is 88.1 Å². The number of rotatable bonds is 3. The van der Waals surface area contributed by atoms with Gasteiger partial charge in [-0.2, -0.15) is 0 Å². The molecule has 0 aliphatic heterocycles. The summed E-state index contributed by atoms with van der Waals surface area (Å²) in [4.78, 5) is 23.0. The van der Waals surface area contributed by atoms with Crippen LogP contribution in [0.1, 0.15) is 24.2 Å². The van der Waals surface area contributed by atoms with Crippen LogP contribution in [0.15, 0.2) is 24.3 Å². The molecule has 1 aromatic carbocycles. The number of carbonyl (C=O) groups excluding carboxylic acids is 1. The molecule has 4 heteroatoms. The van der Waals surface area contributed by atoms with Gasteiger partial charge in [-0.15, -0.1) is 0 Å². The van der Waals surface area contributed by atoms with E-state index in [1.54, 1.807) is 31.2 Å². The van der Waals surface area contributed by atoms with Gasteiger partial charge >= 0.3 is 6.09 Å². The number of Topliss-reactive ketones (excluding diaryl/α,β-unsaturated/α-hetero) is 1. The van der Waals surface area contributed by atoms with E-state index >= 15 is 0 Å². The highest BCUT2D eigenvalue weighted by Gasteiger charge is 2.11. The lowest BCUT2D eigenvalue weighted by Gasteiger charge is -2.16. The van der Waals surface area contributed by atoms with Crippen LogP contribution in [-0.2, 0) is 0 Å². The van der Waals surface area contributed by atoms with Gasteiger partial charge in [-0.1, -0.05) is 0 Å². The van der Waals surface area contributed by atoms with Gasteiger partial charge in [-0.25, -0.2) is 4.79 Å². The molecule has 0 bridgehead atoms. The number of amides is 1. The summed E-state index contributed by atoms with van der Waals surface area (Å²) in [6.45, 7) is 3.62. The average Bonchev–Trinajstić information content (AvgIpc) is 2.19. The number of carbonyl (C=O) groups is 2. The Morgan fingerprint density at radius 1 is 1.27 bits per heavy atom. The van der Waals surface area contributed by atoms with Crippen LogP contribution in [0.4, 0.5) is 10.5 Å². The monoisotopic (exact) mass is 207 g/mol. The summed E-state index contributed by atoms with van der Waals surface area (Å²) in [5, 5.41) is 8.86. The molecule has 80 valence electrons. The molecule has 0 saturated heterocycles. The largest absolute Gasteiger partial charge is 0.465 e. The average molecular weight is 207 g/mol. The van der Waals surface area contributed by atoms with Crippen LogP contribution in [0, 0.1) is 0 Å². The van der Waals surface area contributed by atoms with Crippen molar-refractivity contribution in [1.82, 2.24) is 0 Å². The standard InChI is InChI=1S/C11H13NO3/c1-3-12(11(14)15)10-6-4-9(5-7-10)8(2)13/h4-7H,3H2,1-2H3,(H,14,15). The van der Waals surface area contributed by atoms with Crippen molar-refractivity contribution < 1.29 is 14.7 Å². The maximum absolute atomic E-state index is 11.0. The number of anilines is 1. The van der Waals surface area contributed by atoms with Crippen molar-refractivity contribution >= 4 is 17.6 Å². The van der Waals surface area contributed by atoms with E-state index in [1.807, 2.05) is 0 Å². The molecule has 15 heavy (non-hydrogen) atoms. The molecule has 0 spiro atoms. The predicted octanol–water partition coefficient (Wildman–Crippen LogP) is 2.39. The minimum atomic E-state index is -0.993. The zero-order valence-corrected chi connectivity index (χ0v) is 8.73. The summed E-state index contributed by atoms with van der Waals surface area (Å²) in [7, 11) is 0. The highest BCUT2D eigenvalue weighted by molar-refractivity contribution is 5.95. The van der Waals surface area contributed by atoms with Crippen molar-refractivity contribution in [1.29, 1.82) is 0 Å². The van der Waals surface area contributed by atoms with E-state index < -0.39 is 6.09 Å². The lowest BCUT2D eigenvalue weighted by Crippen LogP contribution is -2.28. The van der Waals surface area contributed by atoms with Crippen LogP contribution in [0.3, 0.4) is 0 Å². The molecule has 1 aromatic rings. The minimum Gasteiger partial charge on any atom is -0.465 e. The van der Waals surface area contributed by atoms with E-state index in [0.29, 0.717) is 17.8 Å². The van der Waals surface area contributed by atoms with Crippen LogP contribution in [-0.4, -0.2) is 23.5 Å². The SMILES string of the molecule is CCN(C(=O)O)c1ccc(C(C)=O)cc1. The minimum absolute atomic E-state index is 0.0278. The van der Waals surface area contributed by atoms with Crippen molar-refractivity contribution in [3.05, 3.63) is 29.8 Å². The Morgan fingerprint density at radius 2 is 1.80 bits per heavy atom. The smallest absolute Gasteiger partial charge is 0.411 e. The first-order chi connectivity index (χ1) is 7.06. The highest BCUT2D eigenvalue weighted by Crippen LogP contribution is 2.15. The molecular weight excluding hydrogens is 194 g/mol. The molecule has 0 atom stereocenters. The van der Waals surface area contributed by atoms with E-state index in [4.69, 9.17) is 5.11 Å². The number of carboxylic acid groups (broad SMARTS) is 1. The van der Waals surface area contributed by atoms with E-state index in [1.165, 1.54) is 11.8 Å². The second kappa shape index (κ2) is 4.59. The maximum Gasteiger partial charge on any atom is 0.411 e. The maximum atomic E-state index is 11.0. The van der Waals surface area contributed by atoms with Crippen LogP contribution < -0.4 is 4.90 Å². The van der Waals surface area contributed by atoms with E-state index in [-0.39, 0.29) is 5.78 Å². The second-order valence-electron chi connectivity index (χ2n) is 3.13. The highest BCUT2D eigenvalue weighted by atomic mass is 16.4. The van der Waals surface area contributed by atoms with Crippen molar-refractivity contribution in [2.45, 2.75) is 13.8 Å². The third-order valence-corrected chi connectivity index (χ3v) is 2.13. The number of hydrogen-bond acceptors (Lipinski definition) is 2. The Hall–Kier alpha value is -1.84. The van der Waals surface area contributed by atoms with Gasteiger partial charge in [0.2, 0.25) is 0 Å². The van der Waals surface area contributed by atoms with Crippen molar-refractivity contribution in [3.8, 4) is 0 Å². The molecule has 1 rings (SSSR count). The molecule has 0 radical (unpaired) electrons. The van der Waals surface area contributed by atoms with Gasteiger partial charge in [-0.3, -0.25) is 9.69 Å². The third-order valence-electron chi connectivity index (χ3n) is 2.13. The molecule has 0 saturated carbocycles. The lowest BCUT2D eigenvalue weighted by atomic mass is 10.1. The topological polar surface area (TPSA) is 57.6 Å². The molecule has 1 amide bonds. The second-order valence-corrected chi connectivity index (χ2v) is 3.13. The fourth-order valence-electron chi connectivity index (χ4n) is 1.30. The fraction of sp³-hybridized carbons (Fsp3) is 0.273. The van der Waals surface area contributed by atoms with Crippen molar-refractivity contribution in [2.24, 2.45) is 0 Å². The molecule has 4 nitrogen and oxygen atoms in total. The van der Waals surface area contributed by atoms with Gasteiger partial charge in [0.25, 0.3) is 0 Å². The quantitative estimate of drug-likeness (QED) is 0.774. The fourth-order valence-corrected chi connectivity index (χ4v) is 1.30. The number of hydrogen-bond donors (Lipinski definition) is 1. The van der Waals surface area contributed by atoms with E-state index in [9.17, 15) is 9.59 Å². The van der Waals surface area contributed by atoms with E-state index in [2.05, 4.69) is 0 Å². The summed E-state index contributed by atoms with van der Waals surface area (Å²) in [5.74, 6) is -0.0278. The molecule has 0 aliphatic carbocycles. The first kappa shape index (κ1) is 11.2. The van der Waals surface area contributed by atoms with Gasteiger partial charge < -0.3 is 5.11 Å². The van der Waals surface area contributed by atoms with Crippen molar-refractivity contribution in [3.63, 3.8) is 0 Å². The number of benzene rings is 1. The molecule has 1 N–H and O–H groups in total. The Kier molecular flexibility index (Phi) is 3.44.